The van der Waals surface area contributed by atoms with E-state index in [1.807, 2.05) is 0 Å². The molecule has 1 heterocycles. The molecule has 1 aromatic carbocycles. The molecule has 0 bridgehead atoms. The van der Waals surface area contributed by atoms with Crippen molar-refractivity contribution in [3.8, 4) is 5.75 Å². The van der Waals surface area contributed by atoms with Crippen LogP contribution < -0.4 is 4.74 Å². The van der Waals surface area contributed by atoms with Crippen LogP contribution in [0.15, 0.2) is 24.3 Å². The van der Waals surface area contributed by atoms with Crippen LogP contribution >= 0.6 is 0 Å². The molecule has 2 unspecified atom stereocenters. The molecule has 1 aromatic rings. The van der Waals surface area contributed by atoms with Gasteiger partial charge in [0.15, 0.2) is 0 Å². The number of rotatable bonds is 2. The number of ether oxygens (including phenoxy) is 1. The summed E-state index contributed by atoms with van der Waals surface area (Å²) in [5, 5.41) is 0. The molecule has 0 radical (unpaired) electrons. The second-order valence-electron chi connectivity index (χ2n) is 4.52. The molecule has 0 spiro atoms. The fourth-order valence-corrected chi connectivity index (χ4v) is 2.43. The maximum atomic E-state index is 5.77. The van der Waals surface area contributed by atoms with Crippen molar-refractivity contribution in [2.24, 2.45) is 5.92 Å². The van der Waals surface area contributed by atoms with E-state index in [0.29, 0.717) is 5.92 Å². The first-order chi connectivity index (χ1) is 7.33. The van der Waals surface area contributed by atoms with Gasteiger partial charge in [-0.15, -0.1) is 0 Å². The molecule has 0 saturated carbocycles. The molecular weight excluding hydrogens is 184 g/mol. The van der Waals surface area contributed by atoms with E-state index in [1.165, 1.54) is 24.8 Å². The first-order valence-electron chi connectivity index (χ1n) is 6.04. The van der Waals surface area contributed by atoms with Gasteiger partial charge in [-0.1, -0.05) is 38.5 Å². The van der Waals surface area contributed by atoms with Crippen molar-refractivity contribution < 1.29 is 4.74 Å². The summed E-state index contributed by atoms with van der Waals surface area (Å²) in [6.45, 7) is 5.51. The molecule has 0 amide bonds. The maximum absolute atomic E-state index is 5.77. The zero-order valence-corrected chi connectivity index (χ0v) is 9.70. The molecule has 2 rings (SSSR count). The van der Waals surface area contributed by atoms with Crippen molar-refractivity contribution in [3.63, 3.8) is 0 Å². The standard InChI is InChI=1S/C14H20O/c1-3-11(2)12-8-6-10-15-14-9-5-4-7-13(12)14/h4-5,7,9,11-12H,3,6,8,10H2,1-2H3. The minimum atomic E-state index is 0.689. The maximum Gasteiger partial charge on any atom is 0.122 e. The Kier molecular flexibility index (Phi) is 3.30. The van der Waals surface area contributed by atoms with E-state index in [4.69, 9.17) is 4.74 Å². The molecule has 0 aliphatic carbocycles. The van der Waals surface area contributed by atoms with Crippen molar-refractivity contribution in [1.82, 2.24) is 0 Å². The lowest BCUT2D eigenvalue weighted by Crippen LogP contribution is -2.08. The van der Waals surface area contributed by atoms with E-state index in [0.717, 1.165) is 18.3 Å². The fraction of sp³-hybridized carbons (Fsp3) is 0.571. The molecule has 0 N–H and O–H groups in total. The second-order valence-corrected chi connectivity index (χ2v) is 4.52. The summed E-state index contributed by atoms with van der Waals surface area (Å²) in [7, 11) is 0. The lowest BCUT2D eigenvalue weighted by Gasteiger charge is -2.22. The molecule has 1 heteroatoms. The Bertz CT molecular complexity index is 319. The molecule has 82 valence electrons. The molecule has 1 aliphatic rings. The van der Waals surface area contributed by atoms with Gasteiger partial charge in [0.25, 0.3) is 0 Å². The monoisotopic (exact) mass is 204 g/mol. The highest BCUT2D eigenvalue weighted by molar-refractivity contribution is 5.37. The average Bonchev–Trinajstić information content (AvgIpc) is 2.50. The molecule has 0 saturated heterocycles. The fourth-order valence-electron chi connectivity index (χ4n) is 2.43. The zero-order valence-electron chi connectivity index (χ0n) is 9.70. The van der Waals surface area contributed by atoms with Crippen LogP contribution in [0, 0.1) is 5.92 Å². The molecule has 0 fully saturated rings. The van der Waals surface area contributed by atoms with Crippen LogP contribution in [-0.2, 0) is 0 Å². The van der Waals surface area contributed by atoms with Crippen LogP contribution in [0.4, 0.5) is 0 Å². The Morgan fingerprint density at radius 1 is 1.40 bits per heavy atom. The number of benzene rings is 1. The predicted molar refractivity (Wildman–Crippen MR) is 63.4 cm³/mol. The van der Waals surface area contributed by atoms with E-state index < -0.39 is 0 Å². The van der Waals surface area contributed by atoms with Gasteiger partial charge in [0.2, 0.25) is 0 Å². The molecule has 15 heavy (non-hydrogen) atoms. The number of fused-ring (bicyclic) bond motifs is 1. The predicted octanol–water partition coefficient (Wildman–Crippen LogP) is 3.99. The minimum absolute atomic E-state index is 0.689. The Hall–Kier alpha value is -0.980. The highest BCUT2D eigenvalue weighted by Crippen LogP contribution is 2.38. The summed E-state index contributed by atoms with van der Waals surface area (Å²) in [5.41, 5.74) is 1.42. The van der Waals surface area contributed by atoms with Gasteiger partial charge in [-0.2, -0.15) is 0 Å². The zero-order chi connectivity index (χ0) is 10.7. The minimum Gasteiger partial charge on any atom is -0.493 e. The summed E-state index contributed by atoms with van der Waals surface area (Å²) in [6, 6.07) is 8.54. The Morgan fingerprint density at radius 3 is 3.00 bits per heavy atom. The third-order valence-electron chi connectivity index (χ3n) is 3.57. The third-order valence-corrected chi connectivity index (χ3v) is 3.57. The molecule has 1 aliphatic heterocycles. The lowest BCUT2D eigenvalue weighted by molar-refractivity contribution is 0.314. The van der Waals surface area contributed by atoms with Gasteiger partial charge in [-0.3, -0.25) is 0 Å². The van der Waals surface area contributed by atoms with Gasteiger partial charge >= 0.3 is 0 Å². The largest absolute Gasteiger partial charge is 0.493 e. The Morgan fingerprint density at radius 2 is 2.20 bits per heavy atom. The average molecular weight is 204 g/mol. The first-order valence-corrected chi connectivity index (χ1v) is 6.04. The summed E-state index contributed by atoms with van der Waals surface area (Å²) in [6.07, 6.45) is 3.70. The van der Waals surface area contributed by atoms with Crippen molar-refractivity contribution in [3.05, 3.63) is 29.8 Å². The van der Waals surface area contributed by atoms with Crippen LogP contribution in [-0.4, -0.2) is 6.61 Å². The van der Waals surface area contributed by atoms with Crippen molar-refractivity contribution in [2.45, 2.75) is 39.0 Å². The van der Waals surface area contributed by atoms with E-state index in [9.17, 15) is 0 Å². The van der Waals surface area contributed by atoms with Crippen LogP contribution in [0.2, 0.25) is 0 Å². The van der Waals surface area contributed by atoms with Gasteiger partial charge in [0.05, 0.1) is 6.61 Å². The van der Waals surface area contributed by atoms with Gasteiger partial charge in [-0.25, -0.2) is 0 Å². The van der Waals surface area contributed by atoms with Gasteiger partial charge < -0.3 is 4.74 Å². The van der Waals surface area contributed by atoms with Crippen molar-refractivity contribution in [2.75, 3.05) is 6.61 Å². The Balaban J connectivity index is 2.32. The highest BCUT2D eigenvalue weighted by atomic mass is 16.5. The van der Waals surface area contributed by atoms with Gasteiger partial charge in [-0.05, 0) is 36.3 Å². The van der Waals surface area contributed by atoms with Crippen molar-refractivity contribution >= 4 is 0 Å². The number of hydrogen-bond acceptors (Lipinski definition) is 1. The van der Waals surface area contributed by atoms with Crippen LogP contribution in [0.5, 0.6) is 5.75 Å². The quantitative estimate of drug-likeness (QED) is 0.707. The van der Waals surface area contributed by atoms with E-state index >= 15 is 0 Å². The summed E-state index contributed by atoms with van der Waals surface area (Å²) < 4.78 is 5.77. The summed E-state index contributed by atoms with van der Waals surface area (Å²) in [4.78, 5) is 0. The van der Waals surface area contributed by atoms with Crippen LogP contribution in [0.1, 0.15) is 44.6 Å². The topological polar surface area (TPSA) is 9.23 Å². The van der Waals surface area contributed by atoms with Crippen LogP contribution in [0.25, 0.3) is 0 Å². The van der Waals surface area contributed by atoms with E-state index in [-0.39, 0.29) is 0 Å². The van der Waals surface area contributed by atoms with Gasteiger partial charge in [0, 0.05) is 0 Å². The second kappa shape index (κ2) is 4.69. The van der Waals surface area contributed by atoms with Crippen molar-refractivity contribution in [1.29, 1.82) is 0 Å². The number of para-hydroxylation sites is 1. The first kappa shape index (κ1) is 10.5. The van der Waals surface area contributed by atoms with E-state index in [2.05, 4.69) is 38.1 Å². The molecule has 2 atom stereocenters. The smallest absolute Gasteiger partial charge is 0.122 e. The van der Waals surface area contributed by atoms with Crippen LogP contribution in [0.3, 0.4) is 0 Å². The summed E-state index contributed by atoms with van der Waals surface area (Å²) in [5.74, 6) is 2.56. The summed E-state index contributed by atoms with van der Waals surface area (Å²) >= 11 is 0. The molecule has 0 aromatic heterocycles. The van der Waals surface area contributed by atoms with Gasteiger partial charge in [0.1, 0.15) is 5.75 Å². The number of hydrogen-bond donors (Lipinski definition) is 0. The normalized spacial score (nSPS) is 22.4. The Labute approximate surface area is 92.5 Å². The van der Waals surface area contributed by atoms with E-state index in [1.54, 1.807) is 0 Å². The molecule has 1 nitrogen and oxygen atoms in total. The highest BCUT2D eigenvalue weighted by Gasteiger charge is 2.23. The molecular formula is C14H20O. The third kappa shape index (κ3) is 2.17. The lowest BCUT2D eigenvalue weighted by atomic mass is 9.82. The SMILES string of the molecule is CCC(C)C1CCCOc2ccccc21.